The Morgan fingerprint density at radius 2 is 1.72 bits per heavy atom. The number of hydrogen-bond donors (Lipinski definition) is 0. The molecule has 0 atom stereocenters. The molecule has 1 aromatic heterocycles. The second kappa shape index (κ2) is 10.3. The van der Waals surface area contributed by atoms with E-state index >= 15 is 0 Å². The highest BCUT2D eigenvalue weighted by atomic mass is 35.5. The van der Waals surface area contributed by atoms with Crippen LogP contribution in [0.4, 0.5) is 5.13 Å². The number of benzene rings is 2. The van der Waals surface area contributed by atoms with Crippen LogP contribution in [0.15, 0.2) is 41.3 Å². The van der Waals surface area contributed by atoms with E-state index in [9.17, 15) is 13.2 Å². The van der Waals surface area contributed by atoms with Crippen LogP contribution in [0, 0.1) is 13.8 Å². The van der Waals surface area contributed by atoms with Gasteiger partial charge in [0.2, 0.25) is 5.91 Å². The predicted molar refractivity (Wildman–Crippen MR) is 133 cm³/mol. The molecule has 0 N–H and O–H groups in total. The zero-order valence-corrected chi connectivity index (χ0v) is 21.1. The number of amides is 1. The first-order valence-electron chi connectivity index (χ1n) is 10.4. The van der Waals surface area contributed by atoms with Crippen molar-refractivity contribution in [2.75, 3.05) is 37.8 Å². The summed E-state index contributed by atoms with van der Waals surface area (Å²) in [7, 11) is 0.432. The van der Waals surface area contributed by atoms with Gasteiger partial charge in [0.25, 0.3) is 0 Å². The molecule has 6 nitrogen and oxygen atoms in total. The minimum absolute atomic E-state index is 0.0971. The number of thiazole rings is 1. The molecule has 0 spiro atoms. The van der Waals surface area contributed by atoms with E-state index in [1.54, 1.807) is 17.0 Å². The number of likely N-dealkylation sites (N-methyl/N-ethyl adjacent to an activating group) is 1. The van der Waals surface area contributed by atoms with Gasteiger partial charge in [-0.3, -0.25) is 9.69 Å². The number of fused-ring (bicyclic) bond motifs is 1. The quantitative estimate of drug-likeness (QED) is 0.431. The minimum atomic E-state index is -3.47. The lowest BCUT2D eigenvalue weighted by Gasteiger charge is -2.22. The van der Waals surface area contributed by atoms with E-state index < -0.39 is 9.84 Å². The largest absolute Gasteiger partial charge is 0.308 e. The van der Waals surface area contributed by atoms with Gasteiger partial charge in [0.15, 0.2) is 15.0 Å². The van der Waals surface area contributed by atoms with Gasteiger partial charge in [-0.15, -0.1) is 0 Å². The summed E-state index contributed by atoms with van der Waals surface area (Å²) in [5.41, 5.74) is 3.22. The average molecular weight is 494 g/mol. The van der Waals surface area contributed by atoms with Gasteiger partial charge in [0.05, 0.1) is 20.9 Å². The first-order valence-corrected chi connectivity index (χ1v) is 13.2. The summed E-state index contributed by atoms with van der Waals surface area (Å²) >= 11 is 7.34. The lowest BCUT2D eigenvalue weighted by molar-refractivity contribution is -0.118. The Labute approximate surface area is 198 Å². The molecular formula is C23H28ClN3O3S2. The van der Waals surface area contributed by atoms with Crippen molar-refractivity contribution in [2.45, 2.75) is 31.6 Å². The maximum Gasteiger partial charge on any atom is 0.228 e. The lowest BCUT2D eigenvalue weighted by Crippen LogP contribution is -2.36. The van der Waals surface area contributed by atoms with E-state index in [0.717, 1.165) is 15.8 Å². The van der Waals surface area contributed by atoms with E-state index in [2.05, 4.69) is 13.0 Å². The molecule has 1 heterocycles. The Morgan fingerprint density at radius 3 is 2.38 bits per heavy atom. The molecule has 1 amide bonds. The van der Waals surface area contributed by atoms with Gasteiger partial charge < -0.3 is 4.90 Å². The summed E-state index contributed by atoms with van der Waals surface area (Å²) in [6.07, 6.45) is 0.375. The summed E-state index contributed by atoms with van der Waals surface area (Å²) in [4.78, 5) is 21.7. The monoisotopic (exact) mass is 493 g/mol. The molecule has 0 radical (unpaired) electrons. The van der Waals surface area contributed by atoms with Crippen molar-refractivity contribution in [3.8, 4) is 0 Å². The molecule has 32 heavy (non-hydrogen) atoms. The molecule has 0 aliphatic rings. The molecule has 0 saturated carbocycles. The van der Waals surface area contributed by atoms with Crippen LogP contribution in [0.25, 0.3) is 10.2 Å². The number of halogens is 1. The first-order chi connectivity index (χ1) is 15.1. The van der Waals surface area contributed by atoms with Crippen LogP contribution in [0.2, 0.25) is 5.02 Å². The number of sulfone groups is 1. The molecule has 0 unspecified atom stereocenters. The second-order valence-electron chi connectivity index (χ2n) is 8.13. The standard InChI is InChI=1S/C23H28ClN3O3S2/c1-16-14-20-21(15-17(16)2)31-23(25-20)27(12-11-26(3)4)22(28)6-5-13-32(29,30)19-9-7-18(24)8-10-19/h7-10,14-15H,5-6,11-13H2,1-4H3. The third-order valence-corrected chi connectivity index (χ3v) is 8.38. The fourth-order valence-corrected chi connectivity index (χ4v) is 5.74. The number of aryl methyl sites for hydroxylation is 2. The molecule has 2 aromatic carbocycles. The van der Waals surface area contributed by atoms with Crippen molar-refractivity contribution < 1.29 is 13.2 Å². The summed E-state index contributed by atoms with van der Waals surface area (Å²) < 4.78 is 26.2. The van der Waals surface area contributed by atoms with Gasteiger partial charge in [0.1, 0.15) is 0 Å². The first kappa shape index (κ1) is 24.6. The van der Waals surface area contributed by atoms with Crippen LogP contribution < -0.4 is 4.90 Å². The van der Waals surface area contributed by atoms with Gasteiger partial charge in [-0.2, -0.15) is 0 Å². The van der Waals surface area contributed by atoms with Crippen molar-refractivity contribution >= 4 is 54.0 Å². The zero-order valence-electron chi connectivity index (χ0n) is 18.8. The van der Waals surface area contributed by atoms with Crippen LogP contribution in [0.5, 0.6) is 0 Å². The third kappa shape index (κ3) is 6.07. The number of aromatic nitrogens is 1. The molecule has 0 fully saturated rings. The Hall–Kier alpha value is -2.00. The Morgan fingerprint density at radius 1 is 1.06 bits per heavy atom. The van der Waals surface area contributed by atoms with Crippen LogP contribution in [0.1, 0.15) is 24.0 Å². The van der Waals surface area contributed by atoms with E-state index in [0.29, 0.717) is 23.2 Å². The number of rotatable bonds is 9. The fraction of sp³-hybridized carbons (Fsp3) is 0.391. The number of carbonyl (C=O) groups excluding carboxylic acids is 1. The normalized spacial score (nSPS) is 11.9. The van der Waals surface area contributed by atoms with Crippen molar-refractivity contribution in [2.24, 2.45) is 0 Å². The van der Waals surface area contributed by atoms with Gasteiger partial charge >= 0.3 is 0 Å². The van der Waals surface area contributed by atoms with Crippen LogP contribution in [-0.2, 0) is 14.6 Å². The fourth-order valence-electron chi connectivity index (χ4n) is 3.22. The van der Waals surface area contributed by atoms with Crippen LogP contribution >= 0.6 is 22.9 Å². The molecule has 172 valence electrons. The number of hydrogen-bond acceptors (Lipinski definition) is 6. The molecular weight excluding hydrogens is 466 g/mol. The maximum absolute atomic E-state index is 13.1. The zero-order chi connectivity index (χ0) is 23.5. The molecule has 0 aliphatic carbocycles. The summed E-state index contributed by atoms with van der Waals surface area (Å²) in [6, 6.07) is 10.2. The Bertz CT molecular complexity index is 1170. The summed E-state index contributed by atoms with van der Waals surface area (Å²) in [5, 5.41) is 1.13. The van der Waals surface area contributed by atoms with E-state index in [4.69, 9.17) is 16.6 Å². The smallest absolute Gasteiger partial charge is 0.228 e. The summed E-state index contributed by atoms with van der Waals surface area (Å²) in [6.45, 7) is 5.28. The van der Waals surface area contributed by atoms with Crippen molar-refractivity contribution in [3.05, 3.63) is 52.5 Å². The Balaban J connectivity index is 1.74. The van der Waals surface area contributed by atoms with E-state index in [1.165, 1.54) is 29.0 Å². The highest BCUT2D eigenvalue weighted by Gasteiger charge is 2.22. The minimum Gasteiger partial charge on any atom is -0.308 e. The average Bonchev–Trinajstić information content (AvgIpc) is 3.10. The molecule has 9 heteroatoms. The molecule has 3 aromatic rings. The van der Waals surface area contributed by atoms with Crippen molar-refractivity contribution in [3.63, 3.8) is 0 Å². The summed E-state index contributed by atoms with van der Waals surface area (Å²) in [5.74, 6) is -0.217. The topological polar surface area (TPSA) is 70.6 Å². The predicted octanol–water partition coefficient (Wildman–Crippen LogP) is 4.72. The molecule has 3 rings (SSSR count). The van der Waals surface area contributed by atoms with Gasteiger partial charge in [-0.05, 0) is 81.9 Å². The Kier molecular flexibility index (Phi) is 7.92. The van der Waals surface area contributed by atoms with Gasteiger partial charge in [-0.1, -0.05) is 22.9 Å². The van der Waals surface area contributed by atoms with E-state index in [-0.39, 0.29) is 29.4 Å². The third-order valence-electron chi connectivity index (χ3n) is 5.27. The lowest BCUT2D eigenvalue weighted by atomic mass is 10.1. The highest BCUT2D eigenvalue weighted by molar-refractivity contribution is 7.91. The number of nitrogens with zero attached hydrogens (tertiary/aromatic N) is 3. The molecule has 0 bridgehead atoms. The van der Waals surface area contributed by atoms with Crippen LogP contribution in [0.3, 0.4) is 0 Å². The van der Waals surface area contributed by atoms with Crippen molar-refractivity contribution in [1.29, 1.82) is 0 Å². The van der Waals surface area contributed by atoms with Gasteiger partial charge in [-0.25, -0.2) is 13.4 Å². The second-order valence-corrected chi connectivity index (χ2v) is 11.7. The number of carbonyl (C=O) groups is 1. The molecule has 0 saturated heterocycles. The SMILES string of the molecule is Cc1cc2nc(N(CCN(C)C)C(=O)CCCS(=O)(=O)c3ccc(Cl)cc3)sc2cc1C. The molecule has 0 aliphatic heterocycles. The van der Waals surface area contributed by atoms with Crippen molar-refractivity contribution in [1.82, 2.24) is 9.88 Å². The van der Waals surface area contributed by atoms with E-state index in [1.807, 2.05) is 32.0 Å². The van der Waals surface area contributed by atoms with Gasteiger partial charge in [0, 0.05) is 24.5 Å². The van der Waals surface area contributed by atoms with Crippen LogP contribution in [-0.4, -0.2) is 57.1 Å². The maximum atomic E-state index is 13.1. The highest BCUT2D eigenvalue weighted by Crippen LogP contribution is 2.31. The number of anilines is 1.